The van der Waals surface area contributed by atoms with Crippen molar-refractivity contribution in [3.63, 3.8) is 0 Å². The molecule has 2 aromatic rings. The van der Waals surface area contributed by atoms with Gasteiger partial charge in [0.15, 0.2) is 0 Å². The first-order valence-corrected chi connectivity index (χ1v) is 9.16. The molecule has 3 rings (SSSR count). The van der Waals surface area contributed by atoms with E-state index in [4.69, 9.17) is 9.47 Å². The van der Waals surface area contributed by atoms with E-state index in [1.54, 1.807) is 12.1 Å². The third-order valence-corrected chi connectivity index (χ3v) is 4.39. The van der Waals surface area contributed by atoms with Crippen molar-refractivity contribution in [3.8, 4) is 11.5 Å². The van der Waals surface area contributed by atoms with Gasteiger partial charge in [-0.05, 0) is 31.5 Å². The average molecular weight is 385 g/mol. The predicted molar refractivity (Wildman–Crippen MR) is 104 cm³/mol. The molecule has 0 spiro atoms. The van der Waals surface area contributed by atoms with E-state index in [2.05, 4.69) is 10.6 Å². The molecule has 0 bridgehead atoms. The summed E-state index contributed by atoms with van der Waals surface area (Å²) in [5.41, 5.74) is 2.59. The molecule has 0 aliphatic carbocycles. The SMILES string of the molecule is CCOc1cc2c(cc1CNC(=O)NCc1cccc([N+](=O)[O-])c1)OC(C)C2. The van der Waals surface area contributed by atoms with Crippen molar-refractivity contribution >= 4 is 11.7 Å². The summed E-state index contributed by atoms with van der Waals surface area (Å²) in [5, 5.41) is 16.3. The van der Waals surface area contributed by atoms with Crippen molar-refractivity contribution < 1.29 is 19.2 Å². The summed E-state index contributed by atoms with van der Waals surface area (Å²) in [6, 6.07) is 9.67. The maximum absolute atomic E-state index is 12.1. The summed E-state index contributed by atoms with van der Waals surface area (Å²) >= 11 is 0. The molecule has 0 radical (unpaired) electrons. The summed E-state index contributed by atoms with van der Waals surface area (Å²) in [4.78, 5) is 22.5. The maximum atomic E-state index is 12.1. The molecule has 0 saturated carbocycles. The number of rotatable bonds is 7. The Morgan fingerprint density at radius 2 is 2.07 bits per heavy atom. The minimum atomic E-state index is -0.463. The number of fused-ring (bicyclic) bond motifs is 1. The molecular formula is C20H23N3O5. The van der Waals surface area contributed by atoms with Crippen LogP contribution in [-0.2, 0) is 19.5 Å². The molecule has 2 N–H and O–H groups in total. The fourth-order valence-electron chi connectivity index (χ4n) is 3.11. The second kappa shape index (κ2) is 8.60. The summed E-state index contributed by atoms with van der Waals surface area (Å²) in [5.74, 6) is 1.56. The van der Waals surface area contributed by atoms with Crippen molar-refractivity contribution in [2.24, 2.45) is 0 Å². The Kier molecular flexibility index (Phi) is 5.98. The number of nitro benzene ring substituents is 1. The molecule has 1 unspecified atom stereocenters. The topological polar surface area (TPSA) is 103 Å². The van der Waals surface area contributed by atoms with Crippen LogP contribution in [0.25, 0.3) is 0 Å². The van der Waals surface area contributed by atoms with Crippen LogP contribution in [0.1, 0.15) is 30.5 Å². The Labute approximate surface area is 163 Å². The molecule has 1 heterocycles. The molecule has 2 amide bonds. The Bertz CT molecular complexity index is 884. The molecule has 28 heavy (non-hydrogen) atoms. The quantitative estimate of drug-likeness (QED) is 0.562. The summed E-state index contributed by atoms with van der Waals surface area (Å²) < 4.78 is 11.5. The second-order valence-electron chi connectivity index (χ2n) is 6.60. The van der Waals surface area contributed by atoms with Gasteiger partial charge in [0.05, 0.1) is 11.5 Å². The molecule has 8 heteroatoms. The number of carbonyl (C=O) groups excluding carboxylic acids is 1. The molecule has 148 valence electrons. The highest BCUT2D eigenvalue weighted by Crippen LogP contribution is 2.35. The first kappa shape index (κ1) is 19.5. The Morgan fingerprint density at radius 3 is 2.82 bits per heavy atom. The number of urea groups is 1. The Balaban J connectivity index is 1.59. The third-order valence-electron chi connectivity index (χ3n) is 4.39. The largest absolute Gasteiger partial charge is 0.494 e. The van der Waals surface area contributed by atoms with Crippen LogP contribution in [0.15, 0.2) is 36.4 Å². The van der Waals surface area contributed by atoms with Crippen molar-refractivity contribution in [1.29, 1.82) is 0 Å². The molecule has 2 aromatic carbocycles. The second-order valence-corrected chi connectivity index (χ2v) is 6.60. The first-order valence-electron chi connectivity index (χ1n) is 9.16. The number of nitrogens with one attached hydrogen (secondary N) is 2. The van der Waals surface area contributed by atoms with Crippen molar-refractivity contribution in [2.45, 2.75) is 39.5 Å². The van der Waals surface area contributed by atoms with Crippen molar-refractivity contribution in [1.82, 2.24) is 10.6 Å². The molecule has 1 atom stereocenters. The summed E-state index contributed by atoms with van der Waals surface area (Å²) in [6.07, 6.45) is 0.971. The number of hydrogen-bond acceptors (Lipinski definition) is 5. The summed E-state index contributed by atoms with van der Waals surface area (Å²) in [6.45, 7) is 4.92. The highest BCUT2D eigenvalue weighted by atomic mass is 16.6. The molecule has 0 fully saturated rings. The molecule has 0 aromatic heterocycles. The first-order chi connectivity index (χ1) is 13.5. The number of ether oxygens (including phenoxy) is 2. The van der Waals surface area contributed by atoms with Crippen LogP contribution in [0, 0.1) is 10.1 Å². The van der Waals surface area contributed by atoms with E-state index in [9.17, 15) is 14.9 Å². The number of benzene rings is 2. The van der Waals surface area contributed by atoms with Gasteiger partial charge < -0.3 is 20.1 Å². The minimum Gasteiger partial charge on any atom is -0.494 e. The van der Waals surface area contributed by atoms with E-state index in [-0.39, 0.29) is 30.9 Å². The van der Waals surface area contributed by atoms with Gasteiger partial charge in [0, 0.05) is 42.8 Å². The fraction of sp³-hybridized carbons (Fsp3) is 0.350. The number of amides is 2. The van der Waals surface area contributed by atoms with Crippen LogP contribution in [0.4, 0.5) is 10.5 Å². The van der Waals surface area contributed by atoms with Crippen LogP contribution >= 0.6 is 0 Å². The summed E-state index contributed by atoms with van der Waals surface area (Å²) in [7, 11) is 0. The van der Waals surface area contributed by atoms with Gasteiger partial charge in [-0.2, -0.15) is 0 Å². The van der Waals surface area contributed by atoms with Gasteiger partial charge in [-0.25, -0.2) is 4.79 Å². The number of hydrogen-bond donors (Lipinski definition) is 2. The van der Waals surface area contributed by atoms with Crippen molar-refractivity contribution in [2.75, 3.05) is 6.61 Å². The lowest BCUT2D eigenvalue weighted by molar-refractivity contribution is -0.384. The van der Waals surface area contributed by atoms with E-state index in [1.807, 2.05) is 26.0 Å². The zero-order chi connectivity index (χ0) is 20.1. The number of nitrogens with zero attached hydrogens (tertiary/aromatic N) is 1. The predicted octanol–water partition coefficient (Wildman–Crippen LogP) is 3.32. The zero-order valence-electron chi connectivity index (χ0n) is 15.9. The maximum Gasteiger partial charge on any atom is 0.315 e. The zero-order valence-corrected chi connectivity index (χ0v) is 15.9. The smallest absolute Gasteiger partial charge is 0.315 e. The van der Waals surface area contributed by atoms with Crippen LogP contribution < -0.4 is 20.1 Å². The van der Waals surface area contributed by atoms with E-state index >= 15 is 0 Å². The van der Waals surface area contributed by atoms with E-state index < -0.39 is 4.92 Å². The van der Waals surface area contributed by atoms with Crippen molar-refractivity contribution in [3.05, 3.63) is 63.2 Å². The van der Waals surface area contributed by atoms with E-state index in [1.165, 1.54) is 12.1 Å². The third kappa shape index (κ3) is 4.70. The van der Waals surface area contributed by atoms with Crippen LogP contribution in [0.5, 0.6) is 11.5 Å². The Hall–Kier alpha value is -3.29. The van der Waals surface area contributed by atoms with E-state index in [0.29, 0.717) is 12.2 Å². The van der Waals surface area contributed by atoms with Crippen LogP contribution in [0.3, 0.4) is 0 Å². The lowest BCUT2D eigenvalue weighted by Crippen LogP contribution is -2.34. The van der Waals surface area contributed by atoms with Gasteiger partial charge in [0.1, 0.15) is 17.6 Å². The average Bonchev–Trinajstić information content (AvgIpc) is 3.03. The highest BCUT2D eigenvalue weighted by molar-refractivity contribution is 5.74. The number of non-ortho nitro benzene ring substituents is 1. The Morgan fingerprint density at radius 1 is 1.29 bits per heavy atom. The van der Waals surface area contributed by atoms with Gasteiger partial charge in [-0.1, -0.05) is 12.1 Å². The molecular weight excluding hydrogens is 362 g/mol. The van der Waals surface area contributed by atoms with Gasteiger partial charge in [0.25, 0.3) is 5.69 Å². The minimum absolute atomic E-state index is 0.00608. The van der Waals surface area contributed by atoms with Gasteiger partial charge in [-0.15, -0.1) is 0 Å². The van der Waals surface area contributed by atoms with Gasteiger partial charge in [0.2, 0.25) is 0 Å². The van der Waals surface area contributed by atoms with E-state index in [0.717, 1.165) is 29.0 Å². The molecule has 0 saturated heterocycles. The van der Waals surface area contributed by atoms with Gasteiger partial charge in [-0.3, -0.25) is 10.1 Å². The van der Waals surface area contributed by atoms with Crippen LogP contribution in [0.2, 0.25) is 0 Å². The monoisotopic (exact) mass is 385 g/mol. The van der Waals surface area contributed by atoms with Gasteiger partial charge >= 0.3 is 6.03 Å². The number of nitro groups is 1. The molecule has 1 aliphatic rings. The highest BCUT2D eigenvalue weighted by Gasteiger charge is 2.22. The lowest BCUT2D eigenvalue weighted by Gasteiger charge is -2.14. The fourth-order valence-corrected chi connectivity index (χ4v) is 3.11. The number of carbonyl (C=O) groups is 1. The standard InChI is InChI=1S/C20H23N3O5/c1-3-27-18-9-15-7-13(2)28-19(15)10-16(18)12-22-20(24)21-11-14-5-4-6-17(8-14)23(25)26/h4-6,8-10,13H,3,7,11-12H2,1-2H3,(H2,21,22,24). The molecule has 1 aliphatic heterocycles. The molecule has 8 nitrogen and oxygen atoms in total. The van der Waals surface area contributed by atoms with Crippen LogP contribution in [-0.4, -0.2) is 23.7 Å². The normalized spacial score (nSPS) is 14.7. The lowest BCUT2D eigenvalue weighted by atomic mass is 10.1.